The fraction of sp³-hybridized carbons (Fsp3) is 0.938. The number of hydrogen-bond donors (Lipinski definition) is 2. The van der Waals surface area contributed by atoms with E-state index in [-0.39, 0.29) is 24.2 Å². The van der Waals surface area contributed by atoms with Gasteiger partial charge in [0, 0.05) is 12.5 Å². The summed E-state index contributed by atoms with van der Waals surface area (Å²) < 4.78 is 5.89. The number of halogens is 1. The molecule has 0 saturated heterocycles. The number of rotatable bonds is 6. The van der Waals surface area contributed by atoms with Crippen LogP contribution < -0.4 is 11.1 Å². The normalized spacial score (nSPS) is 26.9. The maximum Gasteiger partial charge on any atom is 0.223 e. The predicted octanol–water partition coefficient (Wildman–Crippen LogP) is 2.64. The molecule has 0 spiro atoms. The molecule has 5 heteroatoms. The maximum atomic E-state index is 12.1. The van der Waals surface area contributed by atoms with Gasteiger partial charge in [0.15, 0.2) is 0 Å². The van der Waals surface area contributed by atoms with Crippen molar-refractivity contribution in [3.05, 3.63) is 0 Å². The summed E-state index contributed by atoms with van der Waals surface area (Å²) in [5.74, 6) is 0.707. The molecule has 3 N–H and O–H groups in total. The van der Waals surface area contributed by atoms with Crippen molar-refractivity contribution >= 4 is 18.3 Å². The summed E-state index contributed by atoms with van der Waals surface area (Å²) in [5.41, 5.74) is 5.72. The van der Waals surface area contributed by atoms with Crippen molar-refractivity contribution < 1.29 is 9.53 Å². The topological polar surface area (TPSA) is 64.4 Å². The van der Waals surface area contributed by atoms with E-state index in [0.717, 1.165) is 19.3 Å². The van der Waals surface area contributed by atoms with Gasteiger partial charge in [-0.1, -0.05) is 32.1 Å². The quantitative estimate of drug-likeness (QED) is 0.584. The molecular formula is C16H31ClN2O2. The van der Waals surface area contributed by atoms with Gasteiger partial charge in [-0.25, -0.2) is 0 Å². The lowest BCUT2D eigenvalue weighted by Crippen LogP contribution is -2.37. The van der Waals surface area contributed by atoms with Crippen LogP contribution in [0.3, 0.4) is 0 Å². The summed E-state index contributed by atoms with van der Waals surface area (Å²) in [7, 11) is 0. The number of amides is 1. The minimum absolute atomic E-state index is 0. The van der Waals surface area contributed by atoms with Crippen LogP contribution in [0.2, 0.25) is 0 Å². The molecule has 2 rings (SSSR count). The van der Waals surface area contributed by atoms with E-state index in [9.17, 15) is 4.79 Å². The molecule has 1 amide bonds. The van der Waals surface area contributed by atoms with E-state index < -0.39 is 0 Å². The Morgan fingerprint density at radius 2 is 1.76 bits per heavy atom. The van der Waals surface area contributed by atoms with E-state index >= 15 is 0 Å². The number of nitrogens with one attached hydrogen (secondary N) is 1. The molecule has 2 atom stereocenters. The Balaban J connectivity index is 0.00000220. The van der Waals surface area contributed by atoms with Gasteiger partial charge in [-0.15, -0.1) is 12.4 Å². The summed E-state index contributed by atoms with van der Waals surface area (Å²) in [5, 5.41) is 3.02. The molecule has 0 aliphatic heterocycles. The fourth-order valence-corrected chi connectivity index (χ4v) is 3.60. The van der Waals surface area contributed by atoms with Crippen LogP contribution in [-0.4, -0.2) is 31.7 Å². The summed E-state index contributed by atoms with van der Waals surface area (Å²) >= 11 is 0. The zero-order valence-corrected chi connectivity index (χ0v) is 13.8. The lowest BCUT2D eigenvalue weighted by atomic mass is 9.95. The summed E-state index contributed by atoms with van der Waals surface area (Å²) in [6, 6.07) is 0. The van der Waals surface area contributed by atoms with Crippen molar-refractivity contribution in [2.45, 2.75) is 63.9 Å². The van der Waals surface area contributed by atoms with Crippen molar-refractivity contribution in [2.24, 2.45) is 17.6 Å². The van der Waals surface area contributed by atoms with Crippen molar-refractivity contribution in [1.82, 2.24) is 5.32 Å². The van der Waals surface area contributed by atoms with Crippen LogP contribution in [0.1, 0.15) is 57.8 Å². The number of nitrogens with two attached hydrogens (primary N) is 1. The number of carbonyl (C=O) groups is 1. The average molecular weight is 319 g/mol. The Morgan fingerprint density at radius 3 is 2.43 bits per heavy atom. The Hall–Kier alpha value is -0.320. The lowest BCUT2D eigenvalue weighted by Gasteiger charge is -2.19. The second kappa shape index (κ2) is 10.4. The number of carbonyl (C=O) groups excluding carboxylic acids is 1. The zero-order valence-electron chi connectivity index (χ0n) is 13.0. The summed E-state index contributed by atoms with van der Waals surface area (Å²) in [6.45, 7) is 1.93. The first-order valence-electron chi connectivity index (χ1n) is 8.40. The standard InChI is InChI=1S/C16H30N2O2.ClH/c17-12-13-6-5-9-15(13)16(19)18-10-11-20-14-7-3-1-2-4-8-14;/h13-15H,1-12,17H2,(H,18,19);1H/t13-,15-;/m1./s1. The first-order chi connectivity index (χ1) is 9.81. The second-order valence-electron chi connectivity index (χ2n) is 6.31. The molecule has 0 aromatic carbocycles. The lowest BCUT2D eigenvalue weighted by molar-refractivity contribution is -0.126. The van der Waals surface area contributed by atoms with E-state index in [4.69, 9.17) is 10.5 Å². The average Bonchev–Trinajstić information content (AvgIpc) is 2.80. The van der Waals surface area contributed by atoms with Gasteiger partial charge in [-0.05, 0) is 38.1 Å². The highest BCUT2D eigenvalue weighted by Gasteiger charge is 2.31. The van der Waals surface area contributed by atoms with Crippen LogP contribution >= 0.6 is 12.4 Å². The summed E-state index contributed by atoms with van der Waals surface area (Å²) in [6.07, 6.45) is 11.3. The largest absolute Gasteiger partial charge is 0.376 e. The molecule has 2 aliphatic carbocycles. The third-order valence-corrected chi connectivity index (χ3v) is 4.86. The Morgan fingerprint density at radius 1 is 1.05 bits per heavy atom. The number of ether oxygens (including phenoxy) is 1. The first kappa shape index (κ1) is 18.7. The van der Waals surface area contributed by atoms with Gasteiger partial charge in [0.1, 0.15) is 0 Å². The van der Waals surface area contributed by atoms with Gasteiger partial charge in [0.2, 0.25) is 5.91 Å². The van der Waals surface area contributed by atoms with Crippen molar-refractivity contribution in [2.75, 3.05) is 19.7 Å². The molecule has 0 aromatic rings. The van der Waals surface area contributed by atoms with E-state index in [1.165, 1.54) is 38.5 Å². The van der Waals surface area contributed by atoms with Crippen molar-refractivity contribution in [3.63, 3.8) is 0 Å². The molecule has 2 fully saturated rings. The number of hydrogen-bond acceptors (Lipinski definition) is 3. The third-order valence-electron chi connectivity index (χ3n) is 4.86. The predicted molar refractivity (Wildman–Crippen MR) is 87.6 cm³/mol. The Labute approximate surface area is 135 Å². The highest BCUT2D eigenvalue weighted by atomic mass is 35.5. The van der Waals surface area contributed by atoms with Gasteiger partial charge in [-0.2, -0.15) is 0 Å². The van der Waals surface area contributed by atoms with Crippen LogP contribution in [0, 0.1) is 11.8 Å². The highest BCUT2D eigenvalue weighted by Crippen LogP contribution is 2.30. The molecule has 0 bridgehead atoms. The summed E-state index contributed by atoms with van der Waals surface area (Å²) in [4.78, 5) is 12.1. The molecule has 0 aromatic heterocycles. The monoisotopic (exact) mass is 318 g/mol. The first-order valence-corrected chi connectivity index (χ1v) is 8.40. The van der Waals surface area contributed by atoms with E-state index in [2.05, 4.69) is 5.32 Å². The van der Waals surface area contributed by atoms with Gasteiger partial charge < -0.3 is 15.8 Å². The van der Waals surface area contributed by atoms with Crippen LogP contribution in [0.4, 0.5) is 0 Å². The van der Waals surface area contributed by atoms with E-state index in [1.807, 2.05) is 0 Å². The van der Waals surface area contributed by atoms with Gasteiger partial charge in [0.05, 0.1) is 12.7 Å². The Kier molecular flexibility index (Phi) is 9.29. The highest BCUT2D eigenvalue weighted by molar-refractivity contribution is 5.85. The SMILES string of the molecule is Cl.NC[C@H]1CCC[C@H]1C(=O)NCCOC1CCCCCC1. The minimum Gasteiger partial charge on any atom is -0.376 e. The van der Waals surface area contributed by atoms with Crippen molar-refractivity contribution in [3.8, 4) is 0 Å². The van der Waals surface area contributed by atoms with Crippen LogP contribution in [0.15, 0.2) is 0 Å². The van der Waals surface area contributed by atoms with Crippen LogP contribution in [0.25, 0.3) is 0 Å². The van der Waals surface area contributed by atoms with E-state index in [0.29, 0.717) is 31.7 Å². The van der Waals surface area contributed by atoms with E-state index in [1.54, 1.807) is 0 Å². The Bertz CT molecular complexity index is 294. The van der Waals surface area contributed by atoms with Crippen LogP contribution in [0.5, 0.6) is 0 Å². The zero-order chi connectivity index (χ0) is 14.2. The smallest absolute Gasteiger partial charge is 0.223 e. The maximum absolute atomic E-state index is 12.1. The van der Waals surface area contributed by atoms with Gasteiger partial charge >= 0.3 is 0 Å². The molecule has 0 radical (unpaired) electrons. The fourth-order valence-electron chi connectivity index (χ4n) is 3.60. The molecule has 4 nitrogen and oxygen atoms in total. The molecule has 2 aliphatic rings. The molecule has 124 valence electrons. The molecule has 2 saturated carbocycles. The van der Waals surface area contributed by atoms with Gasteiger partial charge in [-0.3, -0.25) is 4.79 Å². The van der Waals surface area contributed by atoms with Crippen LogP contribution in [-0.2, 0) is 9.53 Å². The molecule has 0 heterocycles. The molecule has 0 unspecified atom stereocenters. The second-order valence-corrected chi connectivity index (χ2v) is 6.31. The molecule has 21 heavy (non-hydrogen) atoms. The third kappa shape index (κ3) is 6.13. The minimum atomic E-state index is 0. The molecular weight excluding hydrogens is 288 g/mol. The van der Waals surface area contributed by atoms with Crippen molar-refractivity contribution in [1.29, 1.82) is 0 Å². The van der Waals surface area contributed by atoms with Gasteiger partial charge in [0.25, 0.3) is 0 Å².